The maximum absolute atomic E-state index is 13.9. The second-order valence-electron chi connectivity index (χ2n) is 4.02. The molecule has 2 N–H and O–H groups in total. The Labute approximate surface area is 119 Å². The summed E-state index contributed by atoms with van der Waals surface area (Å²) < 4.78 is 14.2. The Morgan fingerprint density at radius 2 is 1.89 bits per heavy atom. The second-order valence-corrected chi connectivity index (χ2v) is 4.88. The fourth-order valence-corrected chi connectivity index (χ4v) is 2.12. The number of benzene rings is 2. The fourth-order valence-electron chi connectivity index (χ4n) is 1.75. The molecule has 0 unspecified atom stereocenters. The molecule has 98 valence electrons. The Bertz CT molecular complexity index is 631. The lowest BCUT2D eigenvalue weighted by Crippen LogP contribution is -2.27. The molecule has 2 aromatic carbocycles. The Kier molecular flexibility index (Phi) is 3.85. The van der Waals surface area contributed by atoms with Gasteiger partial charge in [-0.15, -0.1) is 0 Å². The lowest BCUT2D eigenvalue weighted by Gasteiger charge is -2.19. The summed E-state index contributed by atoms with van der Waals surface area (Å²) in [7, 11) is 1.56. The van der Waals surface area contributed by atoms with E-state index in [0.29, 0.717) is 11.4 Å². The number of rotatable bonds is 2. The van der Waals surface area contributed by atoms with Gasteiger partial charge in [0.15, 0.2) is 0 Å². The van der Waals surface area contributed by atoms with Gasteiger partial charge in [0.05, 0.1) is 21.4 Å². The summed E-state index contributed by atoms with van der Waals surface area (Å²) in [4.78, 5) is 13.6. The largest absolute Gasteiger partial charge is 0.397 e. The van der Waals surface area contributed by atoms with Gasteiger partial charge in [-0.2, -0.15) is 0 Å². The van der Waals surface area contributed by atoms with Gasteiger partial charge in [0.1, 0.15) is 5.82 Å². The summed E-state index contributed by atoms with van der Waals surface area (Å²) in [5.74, 6) is -1.02. The van der Waals surface area contributed by atoms with Crippen molar-refractivity contribution in [1.82, 2.24) is 0 Å². The quantitative estimate of drug-likeness (QED) is 0.861. The van der Waals surface area contributed by atoms with E-state index < -0.39 is 11.7 Å². The molecule has 0 aliphatic rings. The molecule has 19 heavy (non-hydrogen) atoms. The van der Waals surface area contributed by atoms with Gasteiger partial charge >= 0.3 is 0 Å². The van der Waals surface area contributed by atoms with Crippen LogP contribution >= 0.6 is 15.9 Å². The lowest BCUT2D eigenvalue weighted by atomic mass is 10.1. The third kappa shape index (κ3) is 2.61. The Balaban J connectivity index is 2.40. The van der Waals surface area contributed by atoms with Crippen LogP contribution in [0, 0.1) is 5.82 Å². The molecule has 0 fully saturated rings. The zero-order valence-electron chi connectivity index (χ0n) is 10.2. The van der Waals surface area contributed by atoms with Crippen molar-refractivity contribution in [2.45, 2.75) is 0 Å². The first-order valence-corrected chi connectivity index (χ1v) is 6.38. The van der Waals surface area contributed by atoms with Crippen molar-refractivity contribution in [1.29, 1.82) is 0 Å². The summed E-state index contributed by atoms with van der Waals surface area (Å²) in [6.45, 7) is 0. The zero-order chi connectivity index (χ0) is 14.0. The number of hydrogen-bond acceptors (Lipinski definition) is 2. The van der Waals surface area contributed by atoms with Crippen LogP contribution < -0.4 is 10.6 Å². The molecule has 0 bridgehead atoms. The summed E-state index contributed by atoms with van der Waals surface area (Å²) in [5.41, 5.74) is 6.82. The lowest BCUT2D eigenvalue weighted by molar-refractivity contribution is 0.0989. The van der Waals surface area contributed by atoms with Crippen LogP contribution in [0.25, 0.3) is 0 Å². The number of nitrogens with two attached hydrogens (primary N) is 1. The number of carbonyl (C=O) groups excluding carboxylic acids is 1. The SMILES string of the molecule is CN(C(=O)c1cccc(Br)c1F)c1ccccc1N. The minimum absolute atomic E-state index is 0.000119. The number of anilines is 2. The van der Waals surface area contributed by atoms with Crippen molar-refractivity contribution >= 4 is 33.2 Å². The van der Waals surface area contributed by atoms with Crippen molar-refractivity contribution in [2.24, 2.45) is 0 Å². The van der Waals surface area contributed by atoms with E-state index in [4.69, 9.17) is 5.73 Å². The summed E-state index contributed by atoms with van der Waals surface area (Å²) in [6.07, 6.45) is 0. The highest BCUT2D eigenvalue weighted by Gasteiger charge is 2.19. The number of para-hydroxylation sites is 2. The maximum atomic E-state index is 13.9. The molecule has 5 heteroatoms. The first kappa shape index (κ1) is 13.5. The molecule has 0 saturated heterocycles. The van der Waals surface area contributed by atoms with Crippen LogP contribution in [0.4, 0.5) is 15.8 Å². The molecular weight excluding hydrogens is 311 g/mol. The van der Waals surface area contributed by atoms with E-state index in [1.54, 1.807) is 43.4 Å². The molecular formula is C14H12BrFN2O. The molecule has 0 spiro atoms. The number of nitrogen functional groups attached to an aromatic ring is 1. The molecule has 0 aliphatic carbocycles. The molecule has 0 radical (unpaired) electrons. The van der Waals surface area contributed by atoms with Crippen LogP contribution in [-0.4, -0.2) is 13.0 Å². The van der Waals surface area contributed by atoms with Crippen LogP contribution in [0.5, 0.6) is 0 Å². The topological polar surface area (TPSA) is 46.3 Å². The molecule has 0 saturated carbocycles. The zero-order valence-corrected chi connectivity index (χ0v) is 11.8. The first-order chi connectivity index (χ1) is 9.02. The van der Waals surface area contributed by atoms with Gasteiger partial charge in [0.2, 0.25) is 0 Å². The highest BCUT2D eigenvalue weighted by atomic mass is 79.9. The fraction of sp³-hybridized carbons (Fsp3) is 0.0714. The molecule has 2 aromatic rings. The molecule has 0 heterocycles. The third-order valence-electron chi connectivity index (χ3n) is 2.78. The monoisotopic (exact) mass is 322 g/mol. The minimum Gasteiger partial charge on any atom is -0.397 e. The van der Waals surface area contributed by atoms with Gasteiger partial charge in [-0.05, 0) is 40.2 Å². The average Bonchev–Trinajstić information content (AvgIpc) is 2.41. The van der Waals surface area contributed by atoms with Gasteiger partial charge in [-0.25, -0.2) is 4.39 Å². The van der Waals surface area contributed by atoms with Crippen molar-refractivity contribution in [2.75, 3.05) is 17.7 Å². The summed E-state index contributed by atoms with van der Waals surface area (Å²) in [5, 5.41) is 0. The van der Waals surface area contributed by atoms with E-state index in [-0.39, 0.29) is 10.0 Å². The number of amides is 1. The summed E-state index contributed by atoms with van der Waals surface area (Å²) in [6, 6.07) is 11.5. The van der Waals surface area contributed by atoms with Crippen molar-refractivity contribution in [3.05, 3.63) is 58.3 Å². The standard InChI is InChI=1S/C14H12BrFN2O/c1-18(12-8-3-2-7-11(12)17)14(19)9-5-4-6-10(15)13(9)16/h2-8H,17H2,1H3. The smallest absolute Gasteiger partial charge is 0.261 e. The minimum atomic E-state index is -0.575. The number of nitrogens with zero attached hydrogens (tertiary/aromatic N) is 1. The first-order valence-electron chi connectivity index (χ1n) is 5.59. The predicted molar refractivity (Wildman–Crippen MR) is 77.7 cm³/mol. The number of carbonyl (C=O) groups is 1. The number of halogens is 2. The van der Waals surface area contributed by atoms with Gasteiger partial charge < -0.3 is 10.6 Å². The van der Waals surface area contributed by atoms with Gasteiger partial charge in [0, 0.05) is 7.05 Å². The molecule has 0 aliphatic heterocycles. The van der Waals surface area contributed by atoms with Crippen molar-refractivity contribution in [3.8, 4) is 0 Å². The van der Waals surface area contributed by atoms with Crippen LogP contribution in [0.3, 0.4) is 0 Å². The number of hydrogen-bond donors (Lipinski definition) is 1. The predicted octanol–water partition coefficient (Wildman–Crippen LogP) is 3.45. The molecule has 3 nitrogen and oxygen atoms in total. The maximum Gasteiger partial charge on any atom is 0.261 e. The Morgan fingerprint density at radius 3 is 2.58 bits per heavy atom. The summed E-state index contributed by atoms with van der Waals surface area (Å²) >= 11 is 3.06. The van der Waals surface area contributed by atoms with E-state index in [0.717, 1.165) is 0 Å². The molecule has 2 rings (SSSR count). The van der Waals surface area contributed by atoms with Crippen LogP contribution in [0.15, 0.2) is 46.9 Å². The van der Waals surface area contributed by atoms with Crippen LogP contribution in [0.1, 0.15) is 10.4 Å². The van der Waals surface area contributed by atoms with Gasteiger partial charge in [0.25, 0.3) is 5.91 Å². The van der Waals surface area contributed by atoms with E-state index in [1.807, 2.05) is 0 Å². The van der Waals surface area contributed by atoms with E-state index in [1.165, 1.54) is 11.0 Å². The Hall–Kier alpha value is -1.88. The molecule has 1 amide bonds. The highest BCUT2D eigenvalue weighted by Crippen LogP contribution is 2.25. The van der Waals surface area contributed by atoms with Crippen molar-refractivity contribution in [3.63, 3.8) is 0 Å². The average molecular weight is 323 g/mol. The van der Waals surface area contributed by atoms with E-state index in [2.05, 4.69) is 15.9 Å². The van der Waals surface area contributed by atoms with Crippen LogP contribution in [0.2, 0.25) is 0 Å². The normalized spacial score (nSPS) is 10.3. The second kappa shape index (κ2) is 5.40. The van der Waals surface area contributed by atoms with E-state index in [9.17, 15) is 9.18 Å². The van der Waals surface area contributed by atoms with Gasteiger partial charge in [-0.3, -0.25) is 4.79 Å². The Morgan fingerprint density at radius 1 is 1.21 bits per heavy atom. The molecule has 0 aromatic heterocycles. The van der Waals surface area contributed by atoms with Crippen LogP contribution in [-0.2, 0) is 0 Å². The molecule has 0 atom stereocenters. The van der Waals surface area contributed by atoms with E-state index >= 15 is 0 Å². The third-order valence-corrected chi connectivity index (χ3v) is 3.40. The van der Waals surface area contributed by atoms with Crippen molar-refractivity contribution < 1.29 is 9.18 Å². The van der Waals surface area contributed by atoms with Gasteiger partial charge in [-0.1, -0.05) is 18.2 Å². The highest BCUT2D eigenvalue weighted by molar-refractivity contribution is 9.10.